The Morgan fingerprint density at radius 3 is 2.77 bits per heavy atom. The van der Waals surface area contributed by atoms with Crippen molar-refractivity contribution in [3.8, 4) is 17.0 Å². The zero-order valence-corrected chi connectivity index (χ0v) is 12.6. The molecule has 0 saturated heterocycles. The van der Waals surface area contributed by atoms with Crippen LogP contribution in [0, 0.1) is 6.92 Å². The summed E-state index contributed by atoms with van der Waals surface area (Å²) in [6, 6.07) is 8.60. The molecule has 5 nitrogen and oxygen atoms in total. The van der Waals surface area contributed by atoms with Crippen molar-refractivity contribution in [1.82, 2.24) is 9.97 Å². The van der Waals surface area contributed by atoms with E-state index in [1.807, 2.05) is 24.4 Å². The van der Waals surface area contributed by atoms with E-state index in [4.69, 9.17) is 0 Å². The average Bonchev–Trinajstić information content (AvgIpc) is 2.99. The van der Waals surface area contributed by atoms with Crippen LogP contribution in [-0.4, -0.2) is 21.0 Å². The molecule has 0 atom stereocenters. The van der Waals surface area contributed by atoms with E-state index in [1.165, 1.54) is 17.4 Å². The van der Waals surface area contributed by atoms with Crippen LogP contribution in [0.5, 0.6) is 5.75 Å². The Morgan fingerprint density at radius 2 is 2.00 bits per heavy atom. The van der Waals surface area contributed by atoms with Gasteiger partial charge in [0.1, 0.15) is 5.75 Å². The number of nitrogens with one attached hydrogen (secondary N) is 1. The number of phenols is 1. The van der Waals surface area contributed by atoms with Gasteiger partial charge in [0.05, 0.1) is 11.3 Å². The van der Waals surface area contributed by atoms with E-state index < -0.39 is 0 Å². The molecule has 0 saturated carbocycles. The third-order valence-electron chi connectivity index (χ3n) is 3.10. The van der Waals surface area contributed by atoms with E-state index in [0.29, 0.717) is 5.13 Å². The van der Waals surface area contributed by atoms with Crippen molar-refractivity contribution in [2.24, 2.45) is 0 Å². The number of carbonyl (C=O) groups excluding carboxylic acids is 1. The number of nitrogens with zero attached hydrogens (tertiary/aromatic N) is 2. The normalized spacial score (nSPS) is 10.4. The van der Waals surface area contributed by atoms with Gasteiger partial charge in [-0.25, -0.2) is 4.98 Å². The van der Waals surface area contributed by atoms with Crippen LogP contribution in [0.4, 0.5) is 5.13 Å². The fourth-order valence-electron chi connectivity index (χ4n) is 1.98. The number of amides is 1. The number of hydrogen-bond donors (Lipinski definition) is 2. The number of pyridine rings is 1. The van der Waals surface area contributed by atoms with Crippen molar-refractivity contribution in [2.75, 3.05) is 5.32 Å². The highest BCUT2D eigenvalue weighted by Gasteiger charge is 2.13. The van der Waals surface area contributed by atoms with Crippen molar-refractivity contribution in [3.63, 3.8) is 0 Å². The maximum Gasteiger partial charge on any atom is 0.261 e. The van der Waals surface area contributed by atoms with Gasteiger partial charge >= 0.3 is 0 Å². The van der Waals surface area contributed by atoms with Crippen LogP contribution in [0.1, 0.15) is 15.9 Å². The highest BCUT2D eigenvalue weighted by Crippen LogP contribution is 2.26. The summed E-state index contributed by atoms with van der Waals surface area (Å²) in [7, 11) is 0. The number of phenolic OH excluding ortho intramolecular Hbond substituents is 1. The number of carbonyl (C=O) groups is 1. The van der Waals surface area contributed by atoms with Crippen LogP contribution in [0.3, 0.4) is 0 Å². The first kappa shape index (κ1) is 14.2. The minimum Gasteiger partial charge on any atom is -0.507 e. The molecule has 2 heterocycles. The molecule has 1 aromatic carbocycles. The number of hydrogen-bond acceptors (Lipinski definition) is 5. The third-order valence-corrected chi connectivity index (χ3v) is 3.86. The molecule has 0 aliphatic rings. The van der Waals surface area contributed by atoms with Crippen LogP contribution in [0.25, 0.3) is 11.3 Å². The molecule has 0 aliphatic heterocycles. The van der Waals surface area contributed by atoms with Crippen molar-refractivity contribution < 1.29 is 9.90 Å². The van der Waals surface area contributed by atoms with Crippen molar-refractivity contribution in [1.29, 1.82) is 0 Å². The molecular formula is C16H13N3O2S. The van der Waals surface area contributed by atoms with Gasteiger partial charge in [-0.2, -0.15) is 0 Å². The zero-order valence-electron chi connectivity index (χ0n) is 11.8. The molecule has 3 rings (SSSR count). The summed E-state index contributed by atoms with van der Waals surface area (Å²) in [4.78, 5) is 20.6. The molecule has 110 valence electrons. The van der Waals surface area contributed by atoms with Gasteiger partial charge in [0.25, 0.3) is 5.91 Å². The lowest BCUT2D eigenvalue weighted by Crippen LogP contribution is -2.12. The Bertz CT molecular complexity index is 815. The maximum absolute atomic E-state index is 12.2. The molecular weight excluding hydrogens is 298 g/mol. The molecule has 0 spiro atoms. The minimum absolute atomic E-state index is 0.0472. The molecule has 22 heavy (non-hydrogen) atoms. The van der Waals surface area contributed by atoms with E-state index in [-0.39, 0.29) is 17.2 Å². The molecule has 6 heteroatoms. The lowest BCUT2D eigenvalue weighted by Gasteiger charge is -2.05. The van der Waals surface area contributed by atoms with Crippen molar-refractivity contribution >= 4 is 22.4 Å². The van der Waals surface area contributed by atoms with Gasteiger partial charge in [0, 0.05) is 23.3 Å². The number of anilines is 1. The molecule has 0 bridgehead atoms. The second-order valence-electron chi connectivity index (χ2n) is 4.75. The lowest BCUT2D eigenvalue weighted by atomic mass is 10.1. The van der Waals surface area contributed by atoms with Crippen LogP contribution in [-0.2, 0) is 0 Å². The van der Waals surface area contributed by atoms with E-state index in [0.717, 1.165) is 16.8 Å². The maximum atomic E-state index is 12.2. The summed E-state index contributed by atoms with van der Waals surface area (Å²) in [6.45, 7) is 1.86. The first-order valence-electron chi connectivity index (χ1n) is 6.60. The monoisotopic (exact) mass is 311 g/mol. The molecule has 0 aliphatic carbocycles. The Hall–Kier alpha value is -2.73. The van der Waals surface area contributed by atoms with E-state index in [1.54, 1.807) is 24.5 Å². The van der Waals surface area contributed by atoms with Gasteiger partial charge in [-0.3, -0.25) is 15.1 Å². The molecule has 0 radical (unpaired) electrons. The Morgan fingerprint density at radius 1 is 1.23 bits per heavy atom. The number of rotatable bonds is 3. The van der Waals surface area contributed by atoms with Gasteiger partial charge in [-0.05, 0) is 31.2 Å². The molecule has 2 N–H and O–H groups in total. The number of aromatic nitrogens is 2. The summed E-state index contributed by atoms with van der Waals surface area (Å²) >= 11 is 1.33. The van der Waals surface area contributed by atoms with E-state index in [2.05, 4.69) is 15.3 Å². The number of thiazole rings is 1. The summed E-state index contributed by atoms with van der Waals surface area (Å²) in [5.74, 6) is -0.425. The minimum atomic E-state index is -0.378. The molecule has 1 amide bonds. The SMILES string of the molecule is Cc1ccc(O)c(C(=O)Nc2nc(-c3ccncc3)cs2)c1. The van der Waals surface area contributed by atoms with Crippen molar-refractivity contribution in [2.45, 2.75) is 6.92 Å². The predicted molar refractivity (Wildman–Crippen MR) is 86.1 cm³/mol. The van der Waals surface area contributed by atoms with Crippen LogP contribution >= 0.6 is 11.3 Å². The predicted octanol–water partition coefficient (Wildman–Crippen LogP) is 3.47. The first-order valence-corrected chi connectivity index (χ1v) is 7.48. The van der Waals surface area contributed by atoms with Crippen LogP contribution in [0.2, 0.25) is 0 Å². The summed E-state index contributed by atoms with van der Waals surface area (Å²) in [5.41, 5.74) is 2.85. The first-order chi connectivity index (χ1) is 10.6. The number of benzene rings is 1. The topological polar surface area (TPSA) is 75.1 Å². The smallest absolute Gasteiger partial charge is 0.261 e. The van der Waals surface area contributed by atoms with Gasteiger partial charge in [-0.1, -0.05) is 11.6 Å². The fraction of sp³-hybridized carbons (Fsp3) is 0.0625. The number of aryl methyl sites for hydroxylation is 1. The molecule has 0 fully saturated rings. The lowest BCUT2D eigenvalue weighted by molar-refractivity contribution is 0.102. The Kier molecular flexibility index (Phi) is 3.84. The van der Waals surface area contributed by atoms with E-state index in [9.17, 15) is 9.90 Å². The van der Waals surface area contributed by atoms with Gasteiger partial charge < -0.3 is 5.11 Å². The standard InChI is InChI=1S/C16H13N3O2S/c1-10-2-3-14(20)12(8-10)15(21)19-16-18-13(9-22-16)11-4-6-17-7-5-11/h2-9,20H,1H3,(H,18,19,21). The fourth-order valence-corrected chi connectivity index (χ4v) is 2.70. The van der Waals surface area contributed by atoms with Gasteiger partial charge in [0.2, 0.25) is 0 Å². The highest BCUT2D eigenvalue weighted by atomic mass is 32.1. The second-order valence-corrected chi connectivity index (χ2v) is 5.61. The highest BCUT2D eigenvalue weighted by molar-refractivity contribution is 7.14. The average molecular weight is 311 g/mol. The van der Waals surface area contributed by atoms with Gasteiger partial charge in [-0.15, -0.1) is 11.3 Å². The largest absolute Gasteiger partial charge is 0.507 e. The second kappa shape index (κ2) is 5.95. The quantitative estimate of drug-likeness (QED) is 0.776. The third kappa shape index (κ3) is 2.96. The van der Waals surface area contributed by atoms with Crippen molar-refractivity contribution in [3.05, 3.63) is 59.2 Å². The molecule has 0 unspecified atom stereocenters. The number of aromatic hydroxyl groups is 1. The summed E-state index contributed by atoms with van der Waals surface area (Å²) in [5, 5.41) is 14.8. The molecule has 3 aromatic rings. The Labute approximate surface area is 131 Å². The summed E-state index contributed by atoms with van der Waals surface area (Å²) in [6.07, 6.45) is 3.38. The molecule has 2 aromatic heterocycles. The summed E-state index contributed by atoms with van der Waals surface area (Å²) < 4.78 is 0. The Balaban J connectivity index is 1.81. The van der Waals surface area contributed by atoms with E-state index >= 15 is 0 Å². The van der Waals surface area contributed by atoms with Crippen LogP contribution < -0.4 is 5.32 Å². The zero-order chi connectivity index (χ0) is 15.5. The van der Waals surface area contributed by atoms with Gasteiger partial charge in [0.15, 0.2) is 5.13 Å². The van der Waals surface area contributed by atoms with Crippen LogP contribution in [0.15, 0.2) is 48.1 Å².